The molecule has 8 aromatic rings. The lowest BCUT2D eigenvalue weighted by Crippen LogP contribution is -2.28. The van der Waals surface area contributed by atoms with Crippen LogP contribution in [0, 0.1) is 11.3 Å². The Bertz CT molecular complexity index is 2810. The van der Waals surface area contributed by atoms with Gasteiger partial charge in [0, 0.05) is 16.7 Å². The maximum atomic E-state index is 9.39. The Hall–Kier alpha value is -7.48. The number of nitrogens with zero attached hydrogens (tertiary/aromatic N) is 4. The second kappa shape index (κ2) is 14.4. The van der Waals surface area contributed by atoms with Gasteiger partial charge in [-0.25, -0.2) is 15.0 Å². The van der Waals surface area contributed by atoms with E-state index in [0.29, 0.717) is 23.0 Å². The number of aromatic nitrogens is 3. The van der Waals surface area contributed by atoms with E-state index in [1.54, 1.807) is 6.08 Å². The highest BCUT2D eigenvalue weighted by atomic mass is 15.0. The summed E-state index contributed by atoms with van der Waals surface area (Å²) in [7, 11) is 0. The zero-order valence-corrected chi connectivity index (χ0v) is 30.9. The van der Waals surface area contributed by atoms with E-state index in [4.69, 9.17) is 15.0 Å². The van der Waals surface area contributed by atoms with E-state index in [-0.39, 0.29) is 0 Å². The maximum absolute atomic E-state index is 9.39. The van der Waals surface area contributed by atoms with E-state index < -0.39 is 5.41 Å². The molecule has 1 atom stereocenters. The Kier molecular flexibility index (Phi) is 8.82. The van der Waals surface area contributed by atoms with Crippen molar-refractivity contribution in [3.05, 3.63) is 223 Å². The summed E-state index contributed by atoms with van der Waals surface area (Å²) in [6.45, 7) is 6.16. The monoisotopic (exact) mass is 716 g/mol. The van der Waals surface area contributed by atoms with Gasteiger partial charge in [0.25, 0.3) is 0 Å². The van der Waals surface area contributed by atoms with Crippen molar-refractivity contribution in [2.75, 3.05) is 0 Å². The second-order valence-electron chi connectivity index (χ2n) is 14.0. The highest BCUT2D eigenvalue weighted by molar-refractivity contribution is 5.98. The van der Waals surface area contributed by atoms with Crippen LogP contribution in [0.25, 0.3) is 67.2 Å². The molecule has 7 aromatic carbocycles. The molecule has 0 spiro atoms. The van der Waals surface area contributed by atoms with Crippen LogP contribution in [0.2, 0.25) is 0 Å². The van der Waals surface area contributed by atoms with Crippen molar-refractivity contribution in [2.45, 2.75) is 12.3 Å². The minimum atomic E-state index is -0.635. The molecular formula is C52H36N4. The van der Waals surface area contributed by atoms with Crippen LogP contribution in [0.4, 0.5) is 0 Å². The van der Waals surface area contributed by atoms with E-state index in [0.717, 1.165) is 38.6 Å². The van der Waals surface area contributed by atoms with Crippen LogP contribution in [0.15, 0.2) is 200 Å². The molecular weight excluding hydrogens is 681 g/mol. The SMILES string of the molecule is C=C/C=C\C=C(/C)C1(c2ccccc2)c2cc(-c3nc(-c4ccccc4)nc(-c4ccccc4)n3)ccc2-c2cc3ccc(-c4ccc(C#N)cc4)cc3cc21. The first kappa shape index (κ1) is 34.3. The summed E-state index contributed by atoms with van der Waals surface area (Å²) in [4.78, 5) is 15.2. The molecule has 264 valence electrons. The van der Waals surface area contributed by atoms with Crippen molar-refractivity contribution >= 4 is 10.8 Å². The lowest BCUT2D eigenvalue weighted by Gasteiger charge is -2.34. The van der Waals surface area contributed by atoms with E-state index in [9.17, 15) is 5.26 Å². The summed E-state index contributed by atoms with van der Waals surface area (Å²) in [5, 5.41) is 11.7. The smallest absolute Gasteiger partial charge is 0.164 e. The van der Waals surface area contributed by atoms with Gasteiger partial charge in [-0.2, -0.15) is 5.26 Å². The predicted octanol–water partition coefficient (Wildman–Crippen LogP) is 12.6. The third kappa shape index (κ3) is 5.93. The van der Waals surface area contributed by atoms with Gasteiger partial charge in [-0.3, -0.25) is 0 Å². The number of fused-ring (bicyclic) bond motifs is 4. The van der Waals surface area contributed by atoms with Crippen LogP contribution < -0.4 is 0 Å². The van der Waals surface area contributed by atoms with Crippen molar-refractivity contribution in [3.8, 4) is 62.5 Å². The standard InChI is InChI=1S/C52H36N4/c1-3-4-8-15-35(2)52(44-20-13-7-14-21-44)47-32-42(51-55-49(38-16-9-5-10-17-38)54-50(56-51)39-18-11-6-12-19-39)28-29-45(47)46-31-41-27-26-40(30-43(41)33-48(46)52)37-24-22-36(34-53)23-25-37/h3-33H,1H2,2H3/b8-4-,35-15+. The van der Waals surface area contributed by atoms with Crippen molar-refractivity contribution in [1.82, 2.24) is 15.0 Å². The van der Waals surface area contributed by atoms with E-state index >= 15 is 0 Å². The molecule has 4 heteroatoms. The van der Waals surface area contributed by atoms with Gasteiger partial charge in [0.2, 0.25) is 0 Å². The molecule has 1 aliphatic rings. The number of benzene rings is 7. The summed E-state index contributed by atoms with van der Waals surface area (Å²) in [5.74, 6) is 1.87. The topological polar surface area (TPSA) is 62.5 Å². The van der Waals surface area contributed by atoms with E-state index in [1.165, 1.54) is 33.4 Å². The van der Waals surface area contributed by atoms with Crippen LogP contribution in [-0.2, 0) is 5.41 Å². The first-order valence-electron chi connectivity index (χ1n) is 18.7. The third-order valence-electron chi connectivity index (χ3n) is 10.8. The van der Waals surface area contributed by atoms with Crippen LogP contribution >= 0.6 is 0 Å². The van der Waals surface area contributed by atoms with Crippen molar-refractivity contribution in [1.29, 1.82) is 5.26 Å². The molecule has 0 fully saturated rings. The molecule has 0 bridgehead atoms. The maximum Gasteiger partial charge on any atom is 0.164 e. The Morgan fingerprint density at radius 3 is 1.73 bits per heavy atom. The highest BCUT2D eigenvalue weighted by Gasteiger charge is 2.46. The van der Waals surface area contributed by atoms with Gasteiger partial charge in [-0.1, -0.05) is 164 Å². The Balaban J connectivity index is 1.30. The van der Waals surface area contributed by atoms with Gasteiger partial charge in [0.05, 0.1) is 17.0 Å². The molecule has 9 rings (SSSR count). The summed E-state index contributed by atoms with van der Waals surface area (Å²) >= 11 is 0. The average molecular weight is 717 g/mol. The minimum Gasteiger partial charge on any atom is -0.208 e. The third-order valence-corrected chi connectivity index (χ3v) is 10.8. The summed E-state index contributed by atoms with van der Waals surface area (Å²) in [6, 6.07) is 59.1. The van der Waals surface area contributed by atoms with Crippen LogP contribution in [-0.4, -0.2) is 15.0 Å². The van der Waals surface area contributed by atoms with Crippen molar-refractivity contribution in [3.63, 3.8) is 0 Å². The first-order chi connectivity index (χ1) is 27.6. The van der Waals surface area contributed by atoms with E-state index in [2.05, 4.69) is 111 Å². The van der Waals surface area contributed by atoms with Crippen LogP contribution in [0.3, 0.4) is 0 Å². The molecule has 0 aliphatic heterocycles. The Morgan fingerprint density at radius 1 is 0.536 bits per heavy atom. The Morgan fingerprint density at radius 2 is 1.11 bits per heavy atom. The number of allylic oxidation sites excluding steroid dienone is 5. The van der Waals surface area contributed by atoms with Crippen LogP contribution in [0.1, 0.15) is 29.2 Å². The molecule has 0 saturated heterocycles. The quantitative estimate of drug-likeness (QED) is 0.147. The Labute approximate surface area is 327 Å². The first-order valence-corrected chi connectivity index (χ1v) is 18.7. The molecule has 4 nitrogen and oxygen atoms in total. The number of rotatable bonds is 8. The fourth-order valence-corrected chi connectivity index (χ4v) is 8.11. The van der Waals surface area contributed by atoms with Crippen molar-refractivity contribution in [2.24, 2.45) is 0 Å². The molecule has 1 heterocycles. The zero-order valence-electron chi connectivity index (χ0n) is 30.9. The fraction of sp³-hybridized carbons (Fsp3) is 0.0385. The van der Waals surface area contributed by atoms with Gasteiger partial charge in [-0.05, 0) is 93.0 Å². The number of hydrogen-bond acceptors (Lipinski definition) is 4. The molecule has 0 N–H and O–H groups in total. The molecule has 0 saturated carbocycles. The molecule has 1 aromatic heterocycles. The van der Waals surface area contributed by atoms with Gasteiger partial charge in [0.1, 0.15) is 0 Å². The highest BCUT2D eigenvalue weighted by Crippen LogP contribution is 2.57. The minimum absolute atomic E-state index is 0.615. The predicted molar refractivity (Wildman–Crippen MR) is 229 cm³/mol. The molecule has 1 unspecified atom stereocenters. The van der Waals surface area contributed by atoms with Crippen LogP contribution in [0.5, 0.6) is 0 Å². The van der Waals surface area contributed by atoms with Gasteiger partial charge in [0.15, 0.2) is 17.5 Å². The normalized spacial score (nSPS) is 14.7. The van der Waals surface area contributed by atoms with Gasteiger partial charge in [-0.15, -0.1) is 0 Å². The van der Waals surface area contributed by atoms with Crippen molar-refractivity contribution < 1.29 is 0 Å². The molecule has 1 aliphatic carbocycles. The van der Waals surface area contributed by atoms with Gasteiger partial charge < -0.3 is 0 Å². The molecule has 56 heavy (non-hydrogen) atoms. The van der Waals surface area contributed by atoms with E-state index in [1.807, 2.05) is 91.0 Å². The second-order valence-corrected chi connectivity index (χ2v) is 14.0. The largest absolute Gasteiger partial charge is 0.208 e. The summed E-state index contributed by atoms with van der Waals surface area (Å²) < 4.78 is 0. The number of hydrogen-bond donors (Lipinski definition) is 0. The average Bonchev–Trinajstić information content (AvgIpc) is 3.55. The molecule has 0 radical (unpaired) electrons. The number of nitriles is 1. The summed E-state index contributed by atoms with van der Waals surface area (Å²) in [6.07, 6.45) is 8.06. The van der Waals surface area contributed by atoms with Gasteiger partial charge >= 0.3 is 0 Å². The lowest BCUT2D eigenvalue weighted by atomic mass is 9.67. The molecule has 0 amide bonds. The lowest BCUT2D eigenvalue weighted by molar-refractivity contribution is 0.747. The summed E-state index contributed by atoms with van der Waals surface area (Å²) in [5.41, 5.74) is 12.1. The fourth-order valence-electron chi connectivity index (χ4n) is 8.11. The zero-order chi connectivity index (χ0) is 38.1.